The minimum atomic E-state index is 0.495. The van der Waals surface area contributed by atoms with Gasteiger partial charge < -0.3 is 0 Å². The van der Waals surface area contributed by atoms with Crippen molar-refractivity contribution in [3.05, 3.63) is 112 Å². The zero-order valence-corrected chi connectivity index (χ0v) is 15.9. The summed E-state index contributed by atoms with van der Waals surface area (Å²) in [6.45, 7) is 6.64. The monoisotopic (exact) mass is 338 g/mol. The number of hydrogen-bond acceptors (Lipinski definition) is 0. The molecule has 0 heterocycles. The van der Waals surface area contributed by atoms with E-state index in [9.17, 15) is 0 Å². The van der Waals surface area contributed by atoms with E-state index >= 15 is 0 Å². The Morgan fingerprint density at radius 3 is 1.88 bits per heavy atom. The van der Waals surface area contributed by atoms with E-state index in [2.05, 4.69) is 93.6 Å². The highest BCUT2D eigenvalue weighted by Gasteiger charge is 2.28. The quantitative estimate of drug-likeness (QED) is 0.499. The molecule has 3 aromatic rings. The first-order valence-electron chi connectivity index (χ1n) is 9.52. The molecule has 0 N–H and O–H groups in total. The molecule has 130 valence electrons. The van der Waals surface area contributed by atoms with Crippen LogP contribution in [0.15, 0.2) is 78.4 Å². The summed E-state index contributed by atoms with van der Waals surface area (Å²) in [4.78, 5) is 0. The summed E-state index contributed by atoms with van der Waals surface area (Å²) >= 11 is 0. The largest absolute Gasteiger partial charge is 0.0619 e. The number of fused-ring (bicyclic) bond motifs is 1. The predicted molar refractivity (Wildman–Crippen MR) is 112 cm³/mol. The first-order chi connectivity index (χ1) is 12.6. The van der Waals surface area contributed by atoms with Crippen LogP contribution in [0.3, 0.4) is 0 Å². The van der Waals surface area contributed by atoms with Crippen LogP contribution in [-0.4, -0.2) is 0 Å². The van der Waals surface area contributed by atoms with Crippen molar-refractivity contribution in [2.45, 2.75) is 39.5 Å². The van der Waals surface area contributed by atoms with Gasteiger partial charge in [0.1, 0.15) is 0 Å². The highest BCUT2D eigenvalue weighted by Crippen LogP contribution is 2.44. The second kappa shape index (κ2) is 6.96. The van der Waals surface area contributed by atoms with Gasteiger partial charge in [0.05, 0.1) is 0 Å². The Bertz CT molecular complexity index is 940. The third-order valence-corrected chi connectivity index (χ3v) is 5.72. The third-order valence-electron chi connectivity index (χ3n) is 5.72. The SMILES string of the molecule is CC1=C(Cc2ccc(C)cc2)c2ccccc2C1Cc1ccc(C)cc1. The van der Waals surface area contributed by atoms with Gasteiger partial charge in [-0.05, 0) is 61.4 Å². The van der Waals surface area contributed by atoms with E-state index in [1.54, 1.807) is 0 Å². The number of aryl methyl sites for hydroxylation is 2. The van der Waals surface area contributed by atoms with E-state index in [4.69, 9.17) is 0 Å². The summed E-state index contributed by atoms with van der Waals surface area (Å²) in [5, 5.41) is 0. The van der Waals surface area contributed by atoms with E-state index in [0.29, 0.717) is 5.92 Å². The molecule has 0 bridgehead atoms. The van der Waals surface area contributed by atoms with E-state index < -0.39 is 0 Å². The van der Waals surface area contributed by atoms with Gasteiger partial charge in [0.25, 0.3) is 0 Å². The van der Waals surface area contributed by atoms with Gasteiger partial charge in [0.2, 0.25) is 0 Å². The van der Waals surface area contributed by atoms with Crippen LogP contribution in [0, 0.1) is 13.8 Å². The summed E-state index contributed by atoms with van der Waals surface area (Å²) in [6.07, 6.45) is 2.11. The average molecular weight is 338 g/mol. The van der Waals surface area contributed by atoms with E-state index in [1.165, 1.54) is 44.5 Å². The van der Waals surface area contributed by atoms with Crippen molar-refractivity contribution >= 4 is 5.57 Å². The van der Waals surface area contributed by atoms with Crippen molar-refractivity contribution in [3.8, 4) is 0 Å². The van der Waals surface area contributed by atoms with Crippen molar-refractivity contribution in [3.63, 3.8) is 0 Å². The first kappa shape index (κ1) is 16.8. The molecule has 0 spiro atoms. The fraction of sp³-hybridized carbons (Fsp3) is 0.231. The minimum absolute atomic E-state index is 0.495. The maximum atomic E-state index is 2.34. The molecule has 1 aliphatic rings. The zero-order valence-electron chi connectivity index (χ0n) is 15.9. The van der Waals surface area contributed by atoms with Crippen molar-refractivity contribution < 1.29 is 0 Å². The molecular weight excluding hydrogens is 312 g/mol. The molecule has 0 aliphatic heterocycles. The normalized spacial score (nSPS) is 16.0. The fourth-order valence-corrected chi connectivity index (χ4v) is 4.10. The number of hydrogen-bond donors (Lipinski definition) is 0. The van der Waals surface area contributed by atoms with E-state index in [-0.39, 0.29) is 0 Å². The molecule has 0 fully saturated rings. The van der Waals surface area contributed by atoms with Crippen molar-refractivity contribution in [2.24, 2.45) is 0 Å². The highest BCUT2D eigenvalue weighted by molar-refractivity contribution is 5.79. The predicted octanol–water partition coefficient (Wildman–Crippen LogP) is 6.66. The summed E-state index contributed by atoms with van der Waals surface area (Å²) in [7, 11) is 0. The molecule has 0 saturated heterocycles. The Balaban J connectivity index is 1.69. The van der Waals surface area contributed by atoms with Crippen molar-refractivity contribution in [1.29, 1.82) is 0 Å². The molecule has 1 atom stereocenters. The molecule has 1 aliphatic carbocycles. The molecule has 0 nitrogen and oxygen atoms in total. The maximum absolute atomic E-state index is 2.34. The lowest BCUT2D eigenvalue weighted by molar-refractivity contribution is 0.802. The minimum Gasteiger partial charge on any atom is -0.0619 e. The number of rotatable bonds is 4. The lowest BCUT2D eigenvalue weighted by Crippen LogP contribution is -2.01. The second-order valence-electron chi connectivity index (χ2n) is 7.65. The molecule has 1 unspecified atom stereocenters. The van der Waals surface area contributed by atoms with Gasteiger partial charge in [-0.3, -0.25) is 0 Å². The van der Waals surface area contributed by atoms with Gasteiger partial charge >= 0.3 is 0 Å². The van der Waals surface area contributed by atoms with E-state index in [0.717, 1.165) is 12.8 Å². The molecule has 0 aromatic heterocycles. The Morgan fingerprint density at radius 2 is 1.23 bits per heavy atom. The fourth-order valence-electron chi connectivity index (χ4n) is 4.10. The first-order valence-corrected chi connectivity index (χ1v) is 9.52. The van der Waals surface area contributed by atoms with Crippen LogP contribution in [0.5, 0.6) is 0 Å². The van der Waals surface area contributed by atoms with Gasteiger partial charge in [-0.2, -0.15) is 0 Å². The molecule has 0 heteroatoms. The third kappa shape index (κ3) is 3.24. The standard InChI is InChI=1S/C26H26/c1-18-8-12-21(13-9-18)16-25-20(3)26(24-7-5-4-6-23(24)25)17-22-14-10-19(2)11-15-22/h4-15,25H,16-17H2,1-3H3. The summed E-state index contributed by atoms with van der Waals surface area (Å²) in [6, 6.07) is 27.0. The van der Waals surface area contributed by atoms with Crippen LogP contribution in [0.4, 0.5) is 0 Å². The lowest BCUT2D eigenvalue weighted by Gasteiger charge is -2.15. The Morgan fingerprint density at radius 1 is 0.654 bits per heavy atom. The van der Waals surface area contributed by atoms with Gasteiger partial charge in [-0.25, -0.2) is 0 Å². The average Bonchev–Trinajstić information content (AvgIpc) is 2.91. The van der Waals surface area contributed by atoms with Crippen LogP contribution in [0.2, 0.25) is 0 Å². The summed E-state index contributed by atoms with van der Waals surface area (Å²) in [5.74, 6) is 0.495. The van der Waals surface area contributed by atoms with Crippen LogP contribution >= 0.6 is 0 Å². The summed E-state index contributed by atoms with van der Waals surface area (Å²) in [5.41, 5.74) is 11.5. The Labute approximate surface area is 157 Å². The molecular formula is C26H26. The van der Waals surface area contributed by atoms with Crippen molar-refractivity contribution in [1.82, 2.24) is 0 Å². The van der Waals surface area contributed by atoms with Gasteiger partial charge in [-0.15, -0.1) is 0 Å². The van der Waals surface area contributed by atoms with Crippen LogP contribution in [-0.2, 0) is 12.8 Å². The topological polar surface area (TPSA) is 0 Å². The van der Waals surface area contributed by atoms with Crippen LogP contribution in [0.25, 0.3) is 5.57 Å². The van der Waals surface area contributed by atoms with Gasteiger partial charge in [-0.1, -0.05) is 89.5 Å². The smallest absolute Gasteiger partial charge is 0.00979 e. The van der Waals surface area contributed by atoms with E-state index in [1.807, 2.05) is 0 Å². The number of allylic oxidation sites excluding steroid dienone is 2. The zero-order chi connectivity index (χ0) is 18.1. The molecule has 0 radical (unpaired) electrons. The molecule has 26 heavy (non-hydrogen) atoms. The molecule has 0 amide bonds. The maximum Gasteiger partial charge on any atom is 0.00979 e. The number of benzene rings is 3. The Kier molecular flexibility index (Phi) is 4.51. The lowest BCUT2D eigenvalue weighted by atomic mass is 9.89. The van der Waals surface area contributed by atoms with Gasteiger partial charge in [0.15, 0.2) is 0 Å². The molecule has 0 saturated carbocycles. The molecule has 3 aromatic carbocycles. The summed E-state index contributed by atoms with van der Waals surface area (Å²) < 4.78 is 0. The van der Waals surface area contributed by atoms with Crippen molar-refractivity contribution in [2.75, 3.05) is 0 Å². The molecule has 4 rings (SSSR count). The van der Waals surface area contributed by atoms with Gasteiger partial charge in [0, 0.05) is 5.92 Å². The van der Waals surface area contributed by atoms with Crippen LogP contribution < -0.4 is 0 Å². The Hall–Kier alpha value is -2.60. The second-order valence-corrected chi connectivity index (χ2v) is 7.65. The highest BCUT2D eigenvalue weighted by atomic mass is 14.3. The van der Waals surface area contributed by atoms with Crippen LogP contribution in [0.1, 0.15) is 46.2 Å².